The molecule has 1 aromatic heterocycles. The van der Waals surface area contributed by atoms with Gasteiger partial charge in [-0.05, 0) is 13.8 Å². The zero-order valence-corrected chi connectivity index (χ0v) is 12.1. The lowest BCUT2D eigenvalue weighted by atomic mass is 10.3. The molecule has 19 heavy (non-hydrogen) atoms. The maximum Gasteiger partial charge on any atom is 0.262 e. The van der Waals surface area contributed by atoms with Crippen LogP contribution in [0.1, 0.15) is 12.7 Å². The molecule has 2 heterocycles. The van der Waals surface area contributed by atoms with Crippen molar-refractivity contribution >= 4 is 10.0 Å². The Balaban J connectivity index is 2.34. The van der Waals surface area contributed by atoms with Gasteiger partial charge in [0.2, 0.25) is 0 Å². The average molecular weight is 288 g/mol. The third kappa shape index (κ3) is 2.66. The fraction of sp³-hybridized carbons (Fsp3) is 0.727. The first-order valence-electron chi connectivity index (χ1n) is 6.34. The second kappa shape index (κ2) is 5.58. The lowest BCUT2D eigenvalue weighted by Crippen LogP contribution is -2.51. The summed E-state index contributed by atoms with van der Waals surface area (Å²) in [4.78, 5) is 4.15. The van der Waals surface area contributed by atoms with Gasteiger partial charge in [-0.3, -0.25) is 0 Å². The van der Waals surface area contributed by atoms with E-state index in [0.29, 0.717) is 32.1 Å². The summed E-state index contributed by atoms with van der Waals surface area (Å²) in [7, 11) is -3.59. The van der Waals surface area contributed by atoms with Crippen molar-refractivity contribution in [2.24, 2.45) is 5.73 Å². The van der Waals surface area contributed by atoms with Crippen molar-refractivity contribution in [2.75, 3.05) is 26.3 Å². The summed E-state index contributed by atoms with van der Waals surface area (Å²) in [6.45, 7) is 5.73. The number of hydrogen-bond acceptors (Lipinski definition) is 5. The van der Waals surface area contributed by atoms with Crippen molar-refractivity contribution in [3.8, 4) is 0 Å². The third-order valence-corrected chi connectivity index (χ3v) is 5.14. The van der Waals surface area contributed by atoms with Crippen LogP contribution in [0.4, 0.5) is 0 Å². The van der Waals surface area contributed by atoms with Crippen LogP contribution in [-0.4, -0.2) is 54.6 Å². The molecule has 108 valence electrons. The molecule has 7 nitrogen and oxygen atoms in total. The molecule has 0 saturated carbocycles. The molecule has 0 aromatic carbocycles. The van der Waals surface area contributed by atoms with Crippen molar-refractivity contribution < 1.29 is 13.2 Å². The second-order valence-corrected chi connectivity index (χ2v) is 6.33. The normalized spacial score (nSPS) is 21.7. The summed E-state index contributed by atoms with van der Waals surface area (Å²) in [5, 5.41) is 0.0900. The number of aryl methyl sites for hydroxylation is 2. The number of imidazole rings is 1. The highest BCUT2D eigenvalue weighted by molar-refractivity contribution is 7.89. The fourth-order valence-electron chi connectivity index (χ4n) is 2.19. The molecular formula is C11H20N4O3S. The van der Waals surface area contributed by atoms with Crippen molar-refractivity contribution in [3.63, 3.8) is 0 Å². The summed E-state index contributed by atoms with van der Waals surface area (Å²) in [5.41, 5.74) is 5.62. The molecule has 0 amide bonds. The summed E-state index contributed by atoms with van der Waals surface area (Å²) in [6, 6.07) is -0.314. The average Bonchev–Trinajstić information content (AvgIpc) is 2.80. The van der Waals surface area contributed by atoms with Crippen LogP contribution in [0.3, 0.4) is 0 Å². The van der Waals surface area contributed by atoms with Crippen LogP contribution in [0.15, 0.2) is 11.2 Å². The Bertz CT molecular complexity index is 540. The minimum Gasteiger partial charge on any atom is -0.378 e. The zero-order valence-electron chi connectivity index (χ0n) is 11.2. The number of ether oxygens (including phenoxy) is 1. The number of sulfonamides is 1. The van der Waals surface area contributed by atoms with E-state index in [-0.39, 0.29) is 17.6 Å². The molecule has 1 atom stereocenters. The lowest BCUT2D eigenvalue weighted by molar-refractivity contribution is 0.0357. The van der Waals surface area contributed by atoms with Gasteiger partial charge < -0.3 is 15.0 Å². The summed E-state index contributed by atoms with van der Waals surface area (Å²) in [5.74, 6) is 0.693. The first-order chi connectivity index (χ1) is 9.00. The van der Waals surface area contributed by atoms with E-state index in [0.717, 1.165) is 0 Å². The summed E-state index contributed by atoms with van der Waals surface area (Å²) < 4.78 is 33.6. The van der Waals surface area contributed by atoms with Crippen LogP contribution in [0, 0.1) is 6.92 Å². The minimum atomic E-state index is -3.59. The quantitative estimate of drug-likeness (QED) is 0.811. The van der Waals surface area contributed by atoms with Crippen molar-refractivity contribution in [1.82, 2.24) is 13.9 Å². The largest absolute Gasteiger partial charge is 0.378 e. The van der Waals surface area contributed by atoms with Gasteiger partial charge in [-0.2, -0.15) is 4.31 Å². The SMILES string of the molecule is CCn1cc(S(=O)(=O)N2CCOCC2CN)nc1C. The number of nitrogens with two attached hydrogens (primary N) is 1. The molecule has 8 heteroatoms. The maximum absolute atomic E-state index is 12.6. The molecule has 1 fully saturated rings. The number of morpholine rings is 1. The van der Waals surface area contributed by atoms with E-state index in [1.807, 2.05) is 11.5 Å². The molecule has 0 aliphatic carbocycles. The van der Waals surface area contributed by atoms with E-state index < -0.39 is 10.0 Å². The van der Waals surface area contributed by atoms with Gasteiger partial charge in [0, 0.05) is 25.8 Å². The van der Waals surface area contributed by atoms with Crippen molar-refractivity contribution in [1.29, 1.82) is 0 Å². The van der Waals surface area contributed by atoms with Crippen molar-refractivity contribution in [3.05, 3.63) is 12.0 Å². The Morgan fingerprint density at radius 2 is 2.32 bits per heavy atom. The first kappa shape index (κ1) is 14.4. The molecule has 1 aliphatic rings. The number of aromatic nitrogens is 2. The third-order valence-electron chi connectivity index (χ3n) is 3.31. The van der Waals surface area contributed by atoms with Crippen LogP contribution < -0.4 is 5.73 Å². The number of hydrogen-bond donors (Lipinski definition) is 1. The molecule has 0 bridgehead atoms. The maximum atomic E-state index is 12.6. The van der Waals surface area contributed by atoms with Gasteiger partial charge in [0.15, 0.2) is 5.03 Å². The van der Waals surface area contributed by atoms with Crippen LogP contribution in [0.25, 0.3) is 0 Å². The highest BCUT2D eigenvalue weighted by atomic mass is 32.2. The second-order valence-electron chi connectivity index (χ2n) is 4.49. The Morgan fingerprint density at radius 3 is 2.89 bits per heavy atom. The molecule has 1 unspecified atom stereocenters. The molecule has 1 aliphatic heterocycles. The Morgan fingerprint density at radius 1 is 1.58 bits per heavy atom. The predicted molar refractivity (Wildman–Crippen MR) is 70.2 cm³/mol. The molecule has 2 rings (SSSR count). The topological polar surface area (TPSA) is 90.5 Å². The Labute approximate surface area is 113 Å². The smallest absolute Gasteiger partial charge is 0.262 e. The van der Waals surface area contributed by atoms with Crippen molar-refractivity contribution in [2.45, 2.75) is 31.5 Å². The monoisotopic (exact) mass is 288 g/mol. The van der Waals surface area contributed by atoms with Gasteiger partial charge in [0.1, 0.15) is 5.82 Å². The first-order valence-corrected chi connectivity index (χ1v) is 7.78. The summed E-state index contributed by atoms with van der Waals surface area (Å²) in [6.07, 6.45) is 1.58. The minimum absolute atomic E-state index is 0.0900. The van der Waals surface area contributed by atoms with Gasteiger partial charge in [-0.15, -0.1) is 0 Å². The van der Waals surface area contributed by atoms with Crippen LogP contribution in [-0.2, 0) is 21.3 Å². The van der Waals surface area contributed by atoms with Gasteiger partial charge in [-0.25, -0.2) is 13.4 Å². The highest BCUT2D eigenvalue weighted by Gasteiger charge is 2.35. The number of nitrogens with zero attached hydrogens (tertiary/aromatic N) is 3. The van der Waals surface area contributed by atoms with Crippen LogP contribution >= 0.6 is 0 Å². The molecule has 0 radical (unpaired) electrons. The molecular weight excluding hydrogens is 268 g/mol. The Kier molecular flexibility index (Phi) is 4.24. The van der Waals surface area contributed by atoms with Gasteiger partial charge >= 0.3 is 0 Å². The molecule has 2 N–H and O–H groups in total. The molecule has 1 saturated heterocycles. The van der Waals surface area contributed by atoms with E-state index in [4.69, 9.17) is 10.5 Å². The fourth-order valence-corrected chi connectivity index (χ4v) is 3.79. The van der Waals surface area contributed by atoms with Crippen LogP contribution in [0.5, 0.6) is 0 Å². The highest BCUT2D eigenvalue weighted by Crippen LogP contribution is 2.19. The zero-order chi connectivity index (χ0) is 14.0. The summed E-state index contributed by atoms with van der Waals surface area (Å²) >= 11 is 0. The Hall–Kier alpha value is -0.960. The van der Waals surface area contributed by atoms with E-state index in [2.05, 4.69) is 4.98 Å². The number of rotatable bonds is 4. The lowest BCUT2D eigenvalue weighted by Gasteiger charge is -2.33. The van der Waals surface area contributed by atoms with Gasteiger partial charge in [-0.1, -0.05) is 0 Å². The molecule has 0 spiro atoms. The standard InChI is InChI=1S/C11H20N4O3S/c1-3-14-7-11(13-9(14)2)19(16,17)15-4-5-18-8-10(15)6-12/h7,10H,3-6,8,12H2,1-2H3. The predicted octanol–water partition coefficient (Wildman–Crippen LogP) is -0.440. The van der Waals surface area contributed by atoms with E-state index in [9.17, 15) is 8.42 Å². The molecule has 1 aromatic rings. The van der Waals surface area contributed by atoms with Gasteiger partial charge in [0.25, 0.3) is 10.0 Å². The van der Waals surface area contributed by atoms with E-state index >= 15 is 0 Å². The van der Waals surface area contributed by atoms with Crippen LogP contribution in [0.2, 0.25) is 0 Å². The van der Waals surface area contributed by atoms with E-state index in [1.165, 1.54) is 4.31 Å². The van der Waals surface area contributed by atoms with Gasteiger partial charge in [0.05, 0.1) is 19.3 Å². The van der Waals surface area contributed by atoms with E-state index in [1.54, 1.807) is 13.1 Å².